The van der Waals surface area contributed by atoms with Gasteiger partial charge in [0, 0.05) is 26.1 Å². The molecule has 1 fully saturated rings. The lowest BCUT2D eigenvalue weighted by molar-refractivity contribution is -0.120. The summed E-state index contributed by atoms with van der Waals surface area (Å²) in [4.78, 5) is 13.4. The largest absolute Gasteiger partial charge is 0.389 e. The van der Waals surface area contributed by atoms with Crippen molar-refractivity contribution in [1.82, 2.24) is 5.32 Å². The summed E-state index contributed by atoms with van der Waals surface area (Å²) in [5.41, 5.74) is 1.71. The van der Waals surface area contributed by atoms with Crippen molar-refractivity contribution in [3.8, 4) is 0 Å². The standard InChI is InChI=1S/C13H17ClN2O2/c1-9(17)10-2-3-12(11(14)8-10)16-6-4-13(18)15-5-7-16/h2-3,8-9,17H,4-7H2,1H3,(H,15,18)/t9-/m1/s1. The first-order chi connectivity index (χ1) is 8.58. The molecule has 98 valence electrons. The summed E-state index contributed by atoms with van der Waals surface area (Å²) in [5.74, 6) is 0.0780. The number of halogens is 1. The summed E-state index contributed by atoms with van der Waals surface area (Å²) < 4.78 is 0. The van der Waals surface area contributed by atoms with Crippen LogP contribution in [0.4, 0.5) is 5.69 Å². The van der Waals surface area contributed by atoms with Crippen LogP contribution >= 0.6 is 11.6 Å². The fourth-order valence-corrected chi connectivity index (χ4v) is 2.36. The molecule has 5 heteroatoms. The first kappa shape index (κ1) is 13.2. The van der Waals surface area contributed by atoms with Gasteiger partial charge in [0.05, 0.1) is 16.8 Å². The van der Waals surface area contributed by atoms with E-state index in [1.165, 1.54) is 0 Å². The zero-order valence-electron chi connectivity index (χ0n) is 10.3. The van der Waals surface area contributed by atoms with Crippen molar-refractivity contribution in [2.24, 2.45) is 0 Å². The molecule has 1 atom stereocenters. The van der Waals surface area contributed by atoms with E-state index in [0.717, 1.165) is 17.8 Å². The second kappa shape index (κ2) is 5.59. The molecule has 18 heavy (non-hydrogen) atoms. The number of carbonyl (C=O) groups excluding carboxylic acids is 1. The van der Waals surface area contributed by atoms with E-state index in [1.807, 2.05) is 12.1 Å². The smallest absolute Gasteiger partial charge is 0.221 e. The molecule has 1 aromatic carbocycles. The minimum absolute atomic E-state index is 0.0780. The van der Waals surface area contributed by atoms with Crippen molar-refractivity contribution in [1.29, 1.82) is 0 Å². The summed E-state index contributed by atoms with van der Waals surface area (Å²) in [6, 6.07) is 5.55. The van der Waals surface area contributed by atoms with Gasteiger partial charge < -0.3 is 15.3 Å². The minimum atomic E-state index is -0.524. The van der Waals surface area contributed by atoms with Crippen LogP contribution in [-0.2, 0) is 4.79 Å². The van der Waals surface area contributed by atoms with Gasteiger partial charge in [0.25, 0.3) is 0 Å². The Balaban J connectivity index is 2.20. The van der Waals surface area contributed by atoms with Gasteiger partial charge in [-0.05, 0) is 24.6 Å². The number of hydrogen-bond acceptors (Lipinski definition) is 3. The second-order valence-corrected chi connectivity index (χ2v) is 4.88. The summed E-state index contributed by atoms with van der Waals surface area (Å²) in [6.07, 6.45) is -0.0435. The van der Waals surface area contributed by atoms with Crippen LogP contribution in [0.5, 0.6) is 0 Å². The molecule has 2 N–H and O–H groups in total. The predicted molar refractivity (Wildman–Crippen MR) is 71.9 cm³/mol. The third kappa shape index (κ3) is 2.94. The fraction of sp³-hybridized carbons (Fsp3) is 0.462. The van der Waals surface area contributed by atoms with Crippen LogP contribution < -0.4 is 10.2 Å². The van der Waals surface area contributed by atoms with E-state index in [0.29, 0.717) is 24.5 Å². The molecule has 2 rings (SSSR count). The highest BCUT2D eigenvalue weighted by Crippen LogP contribution is 2.29. The highest BCUT2D eigenvalue weighted by atomic mass is 35.5. The lowest BCUT2D eigenvalue weighted by Gasteiger charge is -2.23. The zero-order chi connectivity index (χ0) is 13.1. The molecule has 1 aliphatic heterocycles. The summed E-state index contributed by atoms with van der Waals surface area (Å²) in [7, 11) is 0. The minimum Gasteiger partial charge on any atom is -0.389 e. The number of nitrogens with one attached hydrogen (secondary N) is 1. The van der Waals surface area contributed by atoms with Crippen LogP contribution in [0.2, 0.25) is 5.02 Å². The molecule has 0 spiro atoms. The van der Waals surface area contributed by atoms with E-state index in [9.17, 15) is 9.90 Å². The fourth-order valence-electron chi connectivity index (χ4n) is 2.05. The monoisotopic (exact) mass is 268 g/mol. The Bertz CT molecular complexity index is 449. The van der Waals surface area contributed by atoms with Crippen molar-refractivity contribution in [2.45, 2.75) is 19.4 Å². The van der Waals surface area contributed by atoms with Gasteiger partial charge in [-0.25, -0.2) is 0 Å². The SMILES string of the molecule is C[C@@H](O)c1ccc(N2CCNC(=O)CC2)c(Cl)c1. The molecule has 1 aromatic rings. The summed E-state index contributed by atoms with van der Waals surface area (Å²) in [5, 5.41) is 12.9. The molecule has 0 aromatic heterocycles. The van der Waals surface area contributed by atoms with E-state index >= 15 is 0 Å². The second-order valence-electron chi connectivity index (χ2n) is 4.47. The maximum absolute atomic E-state index is 11.3. The van der Waals surface area contributed by atoms with Gasteiger partial charge in [0.1, 0.15) is 0 Å². The Hall–Kier alpha value is -1.26. The third-order valence-electron chi connectivity index (χ3n) is 3.11. The van der Waals surface area contributed by atoms with Crippen molar-refractivity contribution in [3.63, 3.8) is 0 Å². The lowest BCUT2D eigenvalue weighted by atomic mass is 10.1. The van der Waals surface area contributed by atoms with E-state index in [1.54, 1.807) is 13.0 Å². The lowest BCUT2D eigenvalue weighted by Crippen LogP contribution is -2.28. The van der Waals surface area contributed by atoms with Gasteiger partial charge >= 0.3 is 0 Å². The first-order valence-electron chi connectivity index (χ1n) is 6.07. The number of amides is 1. The molecule has 0 aliphatic carbocycles. The Kier molecular flexibility index (Phi) is 4.09. The molecule has 1 heterocycles. The molecular formula is C13H17ClN2O2. The van der Waals surface area contributed by atoms with Crippen molar-refractivity contribution in [3.05, 3.63) is 28.8 Å². The van der Waals surface area contributed by atoms with Crippen LogP contribution in [-0.4, -0.2) is 30.6 Å². The zero-order valence-corrected chi connectivity index (χ0v) is 11.1. The molecule has 1 aliphatic rings. The molecule has 1 saturated heterocycles. The maximum atomic E-state index is 11.3. The number of benzene rings is 1. The quantitative estimate of drug-likeness (QED) is 0.859. The van der Waals surface area contributed by atoms with Gasteiger partial charge in [-0.15, -0.1) is 0 Å². The summed E-state index contributed by atoms with van der Waals surface area (Å²) in [6.45, 7) is 3.76. The van der Waals surface area contributed by atoms with E-state index in [-0.39, 0.29) is 5.91 Å². The average Bonchev–Trinajstić information content (AvgIpc) is 2.54. The Morgan fingerprint density at radius 2 is 2.22 bits per heavy atom. The normalized spacial score (nSPS) is 18.2. The third-order valence-corrected chi connectivity index (χ3v) is 3.41. The maximum Gasteiger partial charge on any atom is 0.221 e. The molecule has 1 amide bonds. The first-order valence-corrected chi connectivity index (χ1v) is 6.45. The van der Waals surface area contributed by atoms with Crippen LogP contribution in [0.3, 0.4) is 0 Å². The molecule has 0 saturated carbocycles. The van der Waals surface area contributed by atoms with Crippen LogP contribution in [0.25, 0.3) is 0 Å². The topological polar surface area (TPSA) is 52.6 Å². The number of carbonyl (C=O) groups is 1. The number of anilines is 1. The predicted octanol–water partition coefficient (Wildman–Crippen LogP) is 1.72. The Morgan fingerprint density at radius 3 is 2.89 bits per heavy atom. The van der Waals surface area contributed by atoms with Gasteiger partial charge in [-0.3, -0.25) is 4.79 Å². The number of rotatable bonds is 2. The van der Waals surface area contributed by atoms with E-state index in [4.69, 9.17) is 11.6 Å². The molecule has 0 unspecified atom stereocenters. The van der Waals surface area contributed by atoms with Gasteiger partial charge in [0.2, 0.25) is 5.91 Å². The Labute approximate surface area is 112 Å². The van der Waals surface area contributed by atoms with Crippen molar-refractivity contribution < 1.29 is 9.90 Å². The molecule has 0 radical (unpaired) electrons. The number of aliphatic hydroxyl groups is 1. The molecule has 0 bridgehead atoms. The Morgan fingerprint density at radius 1 is 1.44 bits per heavy atom. The highest BCUT2D eigenvalue weighted by molar-refractivity contribution is 6.33. The van der Waals surface area contributed by atoms with E-state index in [2.05, 4.69) is 10.2 Å². The molecule has 4 nitrogen and oxygen atoms in total. The van der Waals surface area contributed by atoms with Crippen LogP contribution in [0, 0.1) is 0 Å². The number of aliphatic hydroxyl groups excluding tert-OH is 1. The number of hydrogen-bond donors (Lipinski definition) is 2. The van der Waals surface area contributed by atoms with E-state index < -0.39 is 6.10 Å². The van der Waals surface area contributed by atoms with Gasteiger partial charge in [0.15, 0.2) is 0 Å². The van der Waals surface area contributed by atoms with Crippen molar-refractivity contribution in [2.75, 3.05) is 24.5 Å². The van der Waals surface area contributed by atoms with Crippen molar-refractivity contribution >= 4 is 23.2 Å². The number of nitrogens with zero attached hydrogens (tertiary/aromatic N) is 1. The van der Waals surface area contributed by atoms with Crippen LogP contribution in [0.15, 0.2) is 18.2 Å². The highest BCUT2D eigenvalue weighted by Gasteiger charge is 2.16. The molecular weight excluding hydrogens is 252 g/mol. The average molecular weight is 269 g/mol. The van der Waals surface area contributed by atoms with Gasteiger partial charge in [-0.1, -0.05) is 17.7 Å². The summed E-state index contributed by atoms with van der Waals surface area (Å²) >= 11 is 6.24. The van der Waals surface area contributed by atoms with Crippen LogP contribution in [0.1, 0.15) is 25.0 Å². The van der Waals surface area contributed by atoms with Gasteiger partial charge in [-0.2, -0.15) is 0 Å².